The first kappa shape index (κ1) is 22.4. The summed E-state index contributed by atoms with van der Waals surface area (Å²) < 4.78 is 0. The van der Waals surface area contributed by atoms with Crippen molar-refractivity contribution < 1.29 is 14.5 Å². The average Bonchev–Trinajstić information content (AvgIpc) is 2.77. The number of benzene rings is 1. The molecular formula is C20H23ClN6O4. The number of carbonyl (C=O) groups excluding carboxylic acids is 2. The second kappa shape index (κ2) is 9.69. The highest BCUT2D eigenvalue weighted by Gasteiger charge is 2.32. The Bertz CT molecular complexity index is 963. The van der Waals surface area contributed by atoms with Gasteiger partial charge in [-0.3, -0.25) is 19.7 Å². The van der Waals surface area contributed by atoms with Gasteiger partial charge in [0.05, 0.1) is 15.5 Å². The molecule has 0 aliphatic carbocycles. The van der Waals surface area contributed by atoms with Gasteiger partial charge in [-0.25, -0.2) is 9.97 Å². The zero-order valence-corrected chi connectivity index (χ0v) is 18.0. The molecule has 164 valence electrons. The number of rotatable bonds is 6. The number of halogens is 1. The Morgan fingerprint density at radius 1 is 1.16 bits per heavy atom. The lowest BCUT2D eigenvalue weighted by atomic mass is 10.0. The summed E-state index contributed by atoms with van der Waals surface area (Å²) in [4.78, 5) is 48.3. The second-order valence-corrected chi connectivity index (χ2v) is 7.88. The summed E-state index contributed by atoms with van der Waals surface area (Å²) in [5, 5.41) is 13.6. The molecule has 31 heavy (non-hydrogen) atoms. The van der Waals surface area contributed by atoms with Crippen LogP contribution in [-0.2, 0) is 4.79 Å². The van der Waals surface area contributed by atoms with E-state index in [0.29, 0.717) is 32.1 Å². The molecule has 1 fully saturated rings. The molecule has 1 N–H and O–H groups in total. The van der Waals surface area contributed by atoms with E-state index in [4.69, 9.17) is 11.6 Å². The Morgan fingerprint density at radius 2 is 1.81 bits per heavy atom. The zero-order valence-electron chi connectivity index (χ0n) is 17.2. The maximum absolute atomic E-state index is 13.1. The maximum atomic E-state index is 13.1. The Balaban J connectivity index is 1.66. The number of nitrogens with one attached hydrogen (secondary N) is 1. The van der Waals surface area contributed by atoms with Gasteiger partial charge in [-0.1, -0.05) is 25.4 Å². The molecule has 1 aliphatic rings. The topological polar surface area (TPSA) is 122 Å². The SMILES string of the molecule is CC(C)[C@@H](NC(=O)c1ccc([N+](=O)[O-])cc1Cl)C(=O)N1CCN(c2ncccn2)CC1. The number of anilines is 1. The number of piperazine rings is 1. The third-order valence-corrected chi connectivity index (χ3v) is 5.37. The van der Waals surface area contributed by atoms with E-state index in [0.717, 1.165) is 6.07 Å². The molecule has 1 aromatic heterocycles. The molecule has 10 nitrogen and oxygen atoms in total. The summed E-state index contributed by atoms with van der Waals surface area (Å²) in [5.74, 6) is -0.279. The van der Waals surface area contributed by atoms with Gasteiger partial charge in [0.1, 0.15) is 6.04 Å². The first-order valence-electron chi connectivity index (χ1n) is 9.83. The van der Waals surface area contributed by atoms with Crippen molar-refractivity contribution in [1.29, 1.82) is 0 Å². The van der Waals surface area contributed by atoms with Crippen molar-refractivity contribution >= 4 is 35.1 Å². The molecule has 11 heteroatoms. The molecule has 1 atom stereocenters. The van der Waals surface area contributed by atoms with Gasteiger partial charge in [0, 0.05) is 50.7 Å². The summed E-state index contributed by atoms with van der Waals surface area (Å²) >= 11 is 6.06. The number of carbonyl (C=O) groups is 2. The number of nitro groups is 1. The molecular weight excluding hydrogens is 424 g/mol. The third-order valence-electron chi connectivity index (χ3n) is 5.05. The first-order chi connectivity index (χ1) is 14.8. The molecule has 0 unspecified atom stereocenters. The maximum Gasteiger partial charge on any atom is 0.270 e. The van der Waals surface area contributed by atoms with Crippen LogP contribution in [0.25, 0.3) is 0 Å². The lowest BCUT2D eigenvalue weighted by molar-refractivity contribution is -0.384. The smallest absolute Gasteiger partial charge is 0.270 e. The highest BCUT2D eigenvalue weighted by molar-refractivity contribution is 6.34. The van der Waals surface area contributed by atoms with Crippen LogP contribution in [0, 0.1) is 16.0 Å². The van der Waals surface area contributed by atoms with E-state index in [-0.39, 0.29) is 28.1 Å². The minimum Gasteiger partial charge on any atom is -0.340 e. The monoisotopic (exact) mass is 446 g/mol. The van der Waals surface area contributed by atoms with Crippen LogP contribution < -0.4 is 10.2 Å². The molecule has 1 aromatic carbocycles. The van der Waals surface area contributed by atoms with Crippen LogP contribution in [0.3, 0.4) is 0 Å². The molecule has 2 amide bonds. The van der Waals surface area contributed by atoms with Crippen molar-refractivity contribution in [1.82, 2.24) is 20.2 Å². The summed E-state index contributed by atoms with van der Waals surface area (Å²) in [6.07, 6.45) is 3.35. The van der Waals surface area contributed by atoms with E-state index in [2.05, 4.69) is 15.3 Å². The van der Waals surface area contributed by atoms with Crippen molar-refractivity contribution in [2.75, 3.05) is 31.1 Å². The highest BCUT2D eigenvalue weighted by Crippen LogP contribution is 2.23. The molecule has 0 saturated carbocycles. The van der Waals surface area contributed by atoms with E-state index < -0.39 is 16.9 Å². The lowest BCUT2D eigenvalue weighted by Crippen LogP contribution is -2.56. The summed E-state index contributed by atoms with van der Waals surface area (Å²) in [6.45, 7) is 5.82. The number of non-ortho nitro benzene ring substituents is 1. The van der Waals surface area contributed by atoms with Gasteiger partial charge in [-0.15, -0.1) is 0 Å². The minimum atomic E-state index is -0.752. The standard InChI is InChI=1S/C20H23ClN6O4/c1-13(2)17(24-18(28)15-5-4-14(27(30)31)12-16(15)21)19(29)25-8-10-26(11-9-25)20-22-6-3-7-23-20/h3-7,12-13,17H,8-11H2,1-2H3,(H,24,28)/t17-/m1/s1. The fourth-order valence-corrected chi connectivity index (χ4v) is 3.57. The normalized spacial score (nSPS) is 15.0. The number of hydrogen-bond donors (Lipinski definition) is 1. The Kier molecular flexibility index (Phi) is 7.01. The summed E-state index contributed by atoms with van der Waals surface area (Å²) in [5.41, 5.74) is -0.130. The van der Waals surface area contributed by atoms with E-state index in [1.807, 2.05) is 18.7 Å². The van der Waals surface area contributed by atoms with E-state index in [1.165, 1.54) is 12.1 Å². The number of nitro benzene ring substituents is 1. The van der Waals surface area contributed by atoms with Crippen LogP contribution in [0.4, 0.5) is 11.6 Å². The van der Waals surface area contributed by atoms with Gasteiger partial charge >= 0.3 is 0 Å². The highest BCUT2D eigenvalue weighted by atomic mass is 35.5. The lowest BCUT2D eigenvalue weighted by Gasteiger charge is -2.37. The van der Waals surface area contributed by atoms with Crippen molar-refractivity contribution in [2.45, 2.75) is 19.9 Å². The number of amides is 2. The van der Waals surface area contributed by atoms with Crippen molar-refractivity contribution in [3.05, 3.63) is 57.4 Å². The molecule has 0 spiro atoms. The minimum absolute atomic E-state index is 0.0434. The quantitative estimate of drug-likeness (QED) is 0.532. The number of nitrogens with zero attached hydrogens (tertiary/aromatic N) is 5. The van der Waals surface area contributed by atoms with Gasteiger partial charge in [0.25, 0.3) is 11.6 Å². The van der Waals surface area contributed by atoms with Crippen LogP contribution in [0.5, 0.6) is 0 Å². The van der Waals surface area contributed by atoms with E-state index >= 15 is 0 Å². The van der Waals surface area contributed by atoms with E-state index in [1.54, 1.807) is 23.4 Å². The third kappa shape index (κ3) is 5.26. The van der Waals surface area contributed by atoms with Crippen molar-refractivity contribution in [3.8, 4) is 0 Å². The summed E-state index contributed by atoms with van der Waals surface area (Å²) in [7, 11) is 0. The van der Waals surface area contributed by atoms with Crippen LogP contribution in [0.2, 0.25) is 5.02 Å². The average molecular weight is 447 g/mol. The molecule has 2 aromatic rings. The van der Waals surface area contributed by atoms with Gasteiger partial charge in [0.2, 0.25) is 11.9 Å². The number of aromatic nitrogens is 2. The van der Waals surface area contributed by atoms with Crippen molar-refractivity contribution in [2.24, 2.45) is 5.92 Å². The fourth-order valence-electron chi connectivity index (χ4n) is 3.31. The molecule has 0 radical (unpaired) electrons. The fraction of sp³-hybridized carbons (Fsp3) is 0.400. The molecule has 1 saturated heterocycles. The second-order valence-electron chi connectivity index (χ2n) is 7.48. The van der Waals surface area contributed by atoms with Crippen LogP contribution in [0.15, 0.2) is 36.7 Å². The Labute approximate surface area is 184 Å². The van der Waals surface area contributed by atoms with Gasteiger partial charge in [0.15, 0.2) is 0 Å². The number of hydrogen-bond acceptors (Lipinski definition) is 7. The molecule has 0 bridgehead atoms. The van der Waals surface area contributed by atoms with Crippen molar-refractivity contribution in [3.63, 3.8) is 0 Å². The molecule has 1 aliphatic heterocycles. The van der Waals surface area contributed by atoms with E-state index in [9.17, 15) is 19.7 Å². The van der Waals surface area contributed by atoms with Gasteiger partial charge in [-0.05, 0) is 18.1 Å². The summed E-state index contributed by atoms with van der Waals surface area (Å²) in [6, 6.07) is 4.61. The zero-order chi connectivity index (χ0) is 22.5. The molecule has 2 heterocycles. The predicted molar refractivity (Wildman–Crippen MR) is 115 cm³/mol. The Morgan fingerprint density at radius 3 is 2.35 bits per heavy atom. The first-order valence-corrected chi connectivity index (χ1v) is 10.2. The molecule has 3 rings (SSSR count). The van der Waals surface area contributed by atoms with Gasteiger partial charge < -0.3 is 15.1 Å². The van der Waals surface area contributed by atoms with Gasteiger partial charge in [-0.2, -0.15) is 0 Å². The largest absolute Gasteiger partial charge is 0.340 e. The Hall–Kier alpha value is -3.27. The van der Waals surface area contributed by atoms with Crippen LogP contribution >= 0.6 is 11.6 Å². The predicted octanol–water partition coefficient (Wildman–Crippen LogP) is 2.14. The van der Waals surface area contributed by atoms with Crippen LogP contribution in [-0.4, -0.2) is 63.8 Å². The van der Waals surface area contributed by atoms with Crippen LogP contribution in [0.1, 0.15) is 24.2 Å².